The Kier molecular flexibility index (Phi) is 5.04. The highest BCUT2D eigenvalue weighted by molar-refractivity contribution is 5.89. The number of piperidine rings is 1. The Labute approximate surface area is 193 Å². The van der Waals surface area contributed by atoms with E-state index in [-0.39, 0.29) is 0 Å². The molecule has 0 spiro atoms. The minimum Gasteiger partial charge on any atom is -0.497 e. The number of rotatable bonds is 4. The van der Waals surface area contributed by atoms with Crippen LogP contribution in [0.25, 0.3) is 44.5 Å². The van der Waals surface area contributed by atoms with E-state index in [2.05, 4.69) is 70.5 Å². The highest BCUT2D eigenvalue weighted by atomic mass is 16.5. The average Bonchev–Trinajstić information content (AvgIpc) is 3.28. The number of fused-ring (bicyclic) bond motifs is 2. The maximum absolute atomic E-state index is 5.49. The van der Waals surface area contributed by atoms with Crippen molar-refractivity contribution in [2.75, 3.05) is 20.2 Å². The van der Waals surface area contributed by atoms with Gasteiger partial charge < -0.3 is 14.6 Å². The monoisotopic (exact) mass is 434 g/mol. The Balaban J connectivity index is 1.51. The number of pyridine rings is 1. The van der Waals surface area contributed by atoms with Crippen molar-refractivity contribution in [2.24, 2.45) is 0 Å². The fraction of sp³-hybridized carbons (Fsp3) is 0.214. The molecule has 0 bridgehead atoms. The van der Waals surface area contributed by atoms with Gasteiger partial charge in [-0.05, 0) is 66.5 Å². The number of benzene rings is 3. The Bertz CT molecular complexity index is 1450. The van der Waals surface area contributed by atoms with E-state index in [0.717, 1.165) is 65.4 Å². The number of nitrogens with one attached hydrogen (secondary N) is 1. The maximum Gasteiger partial charge on any atom is 0.160 e. The van der Waals surface area contributed by atoms with Crippen LogP contribution in [-0.4, -0.2) is 34.7 Å². The number of nitrogens with zero attached hydrogens (tertiary/aromatic N) is 3. The number of aromatic nitrogens is 3. The molecule has 0 atom stereocenters. The van der Waals surface area contributed by atoms with Crippen LogP contribution in [0, 0.1) is 0 Å². The quantitative estimate of drug-likeness (QED) is 0.385. The van der Waals surface area contributed by atoms with Crippen molar-refractivity contribution in [3.63, 3.8) is 0 Å². The van der Waals surface area contributed by atoms with Crippen molar-refractivity contribution in [2.45, 2.75) is 18.9 Å². The van der Waals surface area contributed by atoms with Crippen molar-refractivity contribution in [1.82, 2.24) is 19.9 Å². The summed E-state index contributed by atoms with van der Waals surface area (Å²) in [5.41, 5.74) is 5.17. The molecule has 0 aliphatic carbocycles. The fourth-order valence-electron chi connectivity index (χ4n) is 4.89. The fourth-order valence-corrected chi connectivity index (χ4v) is 4.89. The lowest BCUT2D eigenvalue weighted by Crippen LogP contribution is -2.29. The molecular formula is C28H26N4O. The standard InChI is InChI=1S/C28H26N4O/c1-33-25-8-4-7-22(16-25)27-31-26-17-23(21-10-9-19-5-2-3-6-20(19)15-21)18-30-28(26)32(27)24-11-13-29-14-12-24/h2-10,15-18,24,29H,11-14H2,1H3. The van der Waals surface area contributed by atoms with Gasteiger partial charge in [-0.1, -0.05) is 48.5 Å². The normalized spacial score (nSPS) is 14.7. The lowest BCUT2D eigenvalue weighted by Gasteiger charge is -2.26. The number of imidazole rings is 1. The highest BCUT2D eigenvalue weighted by Crippen LogP contribution is 2.34. The molecular weight excluding hydrogens is 408 g/mol. The van der Waals surface area contributed by atoms with Crippen LogP contribution in [0.1, 0.15) is 18.9 Å². The van der Waals surface area contributed by atoms with Crippen LogP contribution in [0.15, 0.2) is 79.0 Å². The van der Waals surface area contributed by atoms with Gasteiger partial charge >= 0.3 is 0 Å². The third-order valence-electron chi connectivity index (χ3n) is 6.61. The van der Waals surface area contributed by atoms with Gasteiger partial charge in [0.25, 0.3) is 0 Å². The van der Waals surface area contributed by atoms with E-state index in [1.54, 1.807) is 7.11 Å². The van der Waals surface area contributed by atoms with E-state index in [1.165, 1.54) is 10.8 Å². The molecule has 0 unspecified atom stereocenters. The Morgan fingerprint density at radius 2 is 1.70 bits per heavy atom. The van der Waals surface area contributed by atoms with Crippen LogP contribution in [0.5, 0.6) is 5.75 Å². The molecule has 0 radical (unpaired) electrons. The zero-order valence-corrected chi connectivity index (χ0v) is 18.7. The Morgan fingerprint density at radius 3 is 2.55 bits per heavy atom. The van der Waals surface area contributed by atoms with Crippen molar-refractivity contribution in [3.8, 4) is 28.3 Å². The average molecular weight is 435 g/mol. The second-order valence-electron chi connectivity index (χ2n) is 8.65. The van der Waals surface area contributed by atoms with E-state index >= 15 is 0 Å². The van der Waals surface area contributed by atoms with Gasteiger partial charge in [-0.15, -0.1) is 0 Å². The first-order chi connectivity index (χ1) is 16.3. The molecule has 33 heavy (non-hydrogen) atoms. The van der Waals surface area contributed by atoms with Gasteiger partial charge in [-0.25, -0.2) is 9.97 Å². The second kappa shape index (κ2) is 8.34. The van der Waals surface area contributed by atoms with Crippen LogP contribution in [-0.2, 0) is 0 Å². The third kappa shape index (κ3) is 3.64. The van der Waals surface area contributed by atoms with E-state index < -0.39 is 0 Å². The molecule has 1 aliphatic heterocycles. The molecule has 1 aliphatic rings. The molecule has 5 nitrogen and oxygen atoms in total. The molecule has 5 aromatic rings. The smallest absolute Gasteiger partial charge is 0.160 e. The molecule has 0 amide bonds. The van der Waals surface area contributed by atoms with E-state index in [0.29, 0.717) is 6.04 Å². The van der Waals surface area contributed by atoms with Crippen LogP contribution < -0.4 is 10.1 Å². The largest absolute Gasteiger partial charge is 0.497 e. The number of methoxy groups -OCH3 is 1. The number of hydrogen-bond donors (Lipinski definition) is 1. The van der Waals surface area contributed by atoms with Crippen LogP contribution in [0.2, 0.25) is 0 Å². The first kappa shape index (κ1) is 19.9. The third-order valence-corrected chi connectivity index (χ3v) is 6.61. The van der Waals surface area contributed by atoms with Gasteiger partial charge in [0, 0.05) is 23.4 Å². The van der Waals surface area contributed by atoms with E-state index in [1.807, 2.05) is 18.3 Å². The van der Waals surface area contributed by atoms with Crippen LogP contribution >= 0.6 is 0 Å². The maximum atomic E-state index is 5.49. The lowest BCUT2D eigenvalue weighted by molar-refractivity contribution is 0.376. The summed E-state index contributed by atoms with van der Waals surface area (Å²) in [6.45, 7) is 2.02. The highest BCUT2D eigenvalue weighted by Gasteiger charge is 2.23. The lowest BCUT2D eigenvalue weighted by atomic mass is 10.0. The van der Waals surface area contributed by atoms with Crippen LogP contribution in [0.4, 0.5) is 0 Å². The number of hydrogen-bond acceptors (Lipinski definition) is 4. The first-order valence-corrected chi connectivity index (χ1v) is 11.5. The molecule has 1 fully saturated rings. The van der Waals surface area contributed by atoms with Crippen molar-refractivity contribution in [1.29, 1.82) is 0 Å². The zero-order valence-electron chi connectivity index (χ0n) is 18.7. The molecule has 3 heterocycles. The summed E-state index contributed by atoms with van der Waals surface area (Å²) < 4.78 is 7.83. The topological polar surface area (TPSA) is 52.0 Å². The van der Waals surface area contributed by atoms with Gasteiger partial charge in [0.15, 0.2) is 5.65 Å². The summed E-state index contributed by atoms with van der Waals surface area (Å²) >= 11 is 0. The predicted molar refractivity (Wildman–Crippen MR) is 134 cm³/mol. The minimum atomic E-state index is 0.372. The summed E-state index contributed by atoms with van der Waals surface area (Å²) in [5.74, 6) is 1.79. The summed E-state index contributed by atoms with van der Waals surface area (Å²) in [4.78, 5) is 10.1. The predicted octanol–water partition coefficient (Wildman–Crippen LogP) is 5.85. The van der Waals surface area contributed by atoms with E-state index in [9.17, 15) is 0 Å². The van der Waals surface area contributed by atoms with Crippen molar-refractivity contribution >= 4 is 21.9 Å². The molecule has 1 N–H and O–H groups in total. The second-order valence-corrected chi connectivity index (χ2v) is 8.65. The summed E-state index contributed by atoms with van der Waals surface area (Å²) in [6.07, 6.45) is 4.12. The Hall–Kier alpha value is -3.70. The van der Waals surface area contributed by atoms with Gasteiger partial charge in [0.05, 0.1) is 7.11 Å². The van der Waals surface area contributed by atoms with Gasteiger partial charge in [-0.3, -0.25) is 0 Å². The molecule has 2 aromatic heterocycles. The molecule has 0 saturated carbocycles. The summed E-state index contributed by atoms with van der Waals surface area (Å²) in [7, 11) is 1.70. The molecule has 6 rings (SSSR count). The van der Waals surface area contributed by atoms with Gasteiger partial charge in [-0.2, -0.15) is 0 Å². The first-order valence-electron chi connectivity index (χ1n) is 11.5. The van der Waals surface area contributed by atoms with Gasteiger partial charge in [0.2, 0.25) is 0 Å². The summed E-state index contributed by atoms with van der Waals surface area (Å²) in [5, 5.41) is 5.94. The molecule has 3 aromatic carbocycles. The zero-order chi connectivity index (χ0) is 22.2. The number of ether oxygens (including phenoxy) is 1. The molecule has 5 heteroatoms. The van der Waals surface area contributed by atoms with Gasteiger partial charge in [0.1, 0.15) is 17.1 Å². The molecule has 164 valence electrons. The van der Waals surface area contributed by atoms with Crippen molar-refractivity contribution < 1.29 is 4.74 Å². The summed E-state index contributed by atoms with van der Waals surface area (Å²) in [6, 6.07) is 25.7. The van der Waals surface area contributed by atoms with Crippen LogP contribution in [0.3, 0.4) is 0 Å². The molecule has 1 saturated heterocycles. The minimum absolute atomic E-state index is 0.372. The Morgan fingerprint density at radius 1 is 0.848 bits per heavy atom. The van der Waals surface area contributed by atoms with E-state index in [4.69, 9.17) is 14.7 Å². The SMILES string of the molecule is COc1cccc(-c2nc3cc(-c4ccc5ccccc5c4)cnc3n2C2CCNCC2)c1. The van der Waals surface area contributed by atoms with Crippen molar-refractivity contribution in [3.05, 3.63) is 79.0 Å².